The number of hydrogen-bond donors (Lipinski definition) is 2. The highest BCUT2D eigenvalue weighted by Gasteiger charge is 2.42. The first-order valence-electron chi connectivity index (χ1n) is 5.75. The van der Waals surface area contributed by atoms with Crippen LogP contribution in [0.4, 0.5) is 18.9 Å². The van der Waals surface area contributed by atoms with Crippen molar-refractivity contribution in [3.63, 3.8) is 0 Å². The fourth-order valence-electron chi connectivity index (χ4n) is 1.97. The van der Waals surface area contributed by atoms with Crippen LogP contribution in [0, 0.1) is 0 Å². The summed E-state index contributed by atoms with van der Waals surface area (Å²) in [5, 5.41) is 11.7. The fourth-order valence-corrected chi connectivity index (χ4v) is 1.97. The summed E-state index contributed by atoms with van der Waals surface area (Å²) >= 11 is 0. The Kier molecular flexibility index (Phi) is 3.56. The lowest BCUT2D eigenvalue weighted by Crippen LogP contribution is -2.41. The minimum atomic E-state index is -4.91. The Morgan fingerprint density at radius 1 is 1.30 bits per heavy atom. The monoisotopic (exact) mass is 288 g/mol. The van der Waals surface area contributed by atoms with Crippen LogP contribution in [0.5, 0.6) is 0 Å². The number of carboxylic acid groups (broad SMARTS) is 1. The van der Waals surface area contributed by atoms with Crippen LogP contribution in [0.2, 0.25) is 0 Å². The topological polar surface area (TPSA) is 69.6 Å². The molecule has 20 heavy (non-hydrogen) atoms. The summed E-state index contributed by atoms with van der Waals surface area (Å²) in [7, 11) is 0. The lowest BCUT2D eigenvalue weighted by atomic mass is 10.1. The summed E-state index contributed by atoms with van der Waals surface area (Å²) in [6.45, 7) is -0.187. The van der Waals surface area contributed by atoms with Gasteiger partial charge in [-0.3, -0.25) is 4.79 Å². The summed E-state index contributed by atoms with van der Waals surface area (Å²) in [5.74, 6) is -3.02. The molecule has 8 heteroatoms. The third-order valence-electron chi connectivity index (χ3n) is 2.94. The maximum absolute atomic E-state index is 12.4. The van der Waals surface area contributed by atoms with Crippen LogP contribution in [-0.2, 0) is 11.3 Å². The Morgan fingerprint density at radius 2 is 2.00 bits per heavy atom. The van der Waals surface area contributed by atoms with Crippen LogP contribution in [0.15, 0.2) is 18.2 Å². The molecule has 0 radical (unpaired) electrons. The Morgan fingerprint density at radius 3 is 2.60 bits per heavy atom. The minimum Gasteiger partial charge on any atom is -0.478 e. The average Bonchev–Trinajstić information content (AvgIpc) is 2.57. The van der Waals surface area contributed by atoms with Crippen LogP contribution in [0.25, 0.3) is 0 Å². The second kappa shape index (κ2) is 5.03. The number of aromatic carboxylic acids is 1. The molecule has 0 aromatic heterocycles. The lowest BCUT2D eigenvalue weighted by molar-refractivity contribution is -0.185. The van der Waals surface area contributed by atoms with Gasteiger partial charge in [-0.15, -0.1) is 0 Å². The third kappa shape index (κ3) is 2.84. The fraction of sp³-hybridized carbons (Fsp3) is 0.333. The van der Waals surface area contributed by atoms with Gasteiger partial charge in [0.2, 0.25) is 0 Å². The Labute approximate surface area is 112 Å². The zero-order valence-corrected chi connectivity index (χ0v) is 10.2. The normalized spacial score (nSPS) is 15.1. The maximum atomic E-state index is 12.4. The Bertz CT molecular complexity index is 557. The number of fused-ring (bicyclic) bond motifs is 1. The molecule has 0 fully saturated rings. The van der Waals surface area contributed by atoms with Crippen molar-refractivity contribution < 1.29 is 27.9 Å². The molecule has 1 amide bonds. The number of alkyl halides is 3. The van der Waals surface area contributed by atoms with Gasteiger partial charge in [0.25, 0.3) is 0 Å². The SMILES string of the molecule is O=C(O)c1ccc2c(c1)NCCN(C(=O)C(F)(F)F)C2. The molecule has 1 aromatic carbocycles. The van der Waals surface area contributed by atoms with Crippen molar-refractivity contribution in [2.75, 3.05) is 18.4 Å². The summed E-state index contributed by atoms with van der Waals surface area (Å²) in [4.78, 5) is 22.8. The van der Waals surface area contributed by atoms with E-state index in [1.165, 1.54) is 18.2 Å². The first kappa shape index (κ1) is 14.2. The number of carboxylic acids is 1. The van der Waals surface area contributed by atoms with Crippen LogP contribution in [-0.4, -0.2) is 41.1 Å². The van der Waals surface area contributed by atoms with Gasteiger partial charge in [-0.05, 0) is 17.7 Å². The van der Waals surface area contributed by atoms with Gasteiger partial charge < -0.3 is 15.3 Å². The number of carbonyl (C=O) groups excluding carboxylic acids is 1. The van der Waals surface area contributed by atoms with E-state index in [4.69, 9.17) is 5.11 Å². The van der Waals surface area contributed by atoms with E-state index >= 15 is 0 Å². The summed E-state index contributed by atoms with van der Waals surface area (Å²) in [5.41, 5.74) is 0.916. The predicted octanol–water partition coefficient (Wildman–Crippen LogP) is 1.70. The summed E-state index contributed by atoms with van der Waals surface area (Å²) in [6, 6.07) is 4.05. The minimum absolute atomic E-state index is 0.0341. The Hall–Kier alpha value is -2.25. The third-order valence-corrected chi connectivity index (χ3v) is 2.94. The van der Waals surface area contributed by atoms with Crippen LogP contribution >= 0.6 is 0 Å². The van der Waals surface area contributed by atoms with E-state index in [0.717, 1.165) is 0 Å². The number of anilines is 1. The average molecular weight is 288 g/mol. The van der Waals surface area contributed by atoms with Crippen LogP contribution in [0.1, 0.15) is 15.9 Å². The first-order valence-corrected chi connectivity index (χ1v) is 5.75. The standard InChI is InChI=1S/C12H11F3N2O3/c13-12(14,15)11(20)17-4-3-16-9-5-7(10(18)19)1-2-8(9)6-17/h1-2,5,16H,3-4,6H2,(H,18,19). The lowest BCUT2D eigenvalue weighted by Gasteiger charge is -2.21. The molecule has 0 unspecified atom stereocenters. The number of amides is 1. The van der Waals surface area contributed by atoms with Crippen molar-refractivity contribution in [1.82, 2.24) is 4.90 Å². The number of halogens is 3. The highest BCUT2D eigenvalue weighted by Crippen LogP contribution is 2.25. The van der Waals surface area contributed by atoms with Crippen molar-refractivity contribution in [1.29, 1.82) is 0 Å². The van der Waals surface area contributed by atoms with Crippen molar-refractivity contribution >= 4 is 17.6 Å². The zero-order valence-electron chi connectivity index (χ0n) is 10.2. The van der Waals surface area contributed by atoms with Gasteiger partial charge in [0.05, 0.1) is 5.56 Å². The molecule has 0 saturated carbocycles. The molecular weight excluding hydrogens is 277 g/mol. The number of hydrogen-bond acceptors (Lipinski definition) is 3. The molecule has 0 bridgehead atoms. The highest BCUT2D eigenvalue weighted by atomic mass is 19.4. The van der Waals surface area contributed by atoms with Crippen LogP contribution in [0.3, 0.4) is 0 Å². The van der Waals surface area contributed by atoms with Gasteiger partial charge in [0.15, 0.2) is 0 Å². The van der Waals surface area contributed by atoms with Crippen LogP contribution < -0.4 is 5.32 Å². The molecule has 1 aliphatic rings. The highest BCUT2D eigenvalue weighted by molar-refractivity contribution is 5.89. The molecule has 0 aliphatic carbocycles. The number of rotatable bonds is 1. The van der Waals surface area contributed by atoms with E-state index in [1.807, 2.05) is 0 Å². The van der Waals surface area contributed by atoms with Gasteiger partial charge in [-0.1, -0.05) is 6.07 Å². The second-order valence-electron chi connectivity index (χ2n) is 4.33. The smallest absolute Gasteiger partial charge is 0.471 e. The number of nitrogens with one attached hydrogen (secondary N) is 1. The molecular formula is C12H11F3N2O3. The van der Waals surface area contributed by atoms with Gasteiger partial charge in [0.1, 0.15) is 0 Å². The summed E-state index contributed by atoms with van der Waals surface area (Å²) in [6.07, 6.45) is -4.91. The molecule has 2 rings (SSSR count). The molecule has 1 aromatic rings. The molecule has 0 spiro atoms. The summed E-state index contributed by atoms with van der Waals surface area (Å²) < 4.78 is 37.3. The van der Waals surface area contributed by atoms with E-state index < -0.39 is 18.1 Å². The number of carbonyl (C=O) groups is 2. The van der Waals surface area contributed by atoms with E-state index in [2.05, 4.69) is 5.32 Å². The zero-order chi connectivity index (χ0) is 14.9. The molecule has 1 heterocycles. The maximum Gasteiger partial charge on any atom is 0.471 e. The van der Waals surface area contributed by atoms with E-state index in [0.29, 0.717) is 16.2 Å². The Balaban J connectivity index is 2.27. The van der Waals surface area contributed by atoms with E-state index in [9.17, 15) is 22.8 Å². The molecule has 2 N–H and O–H groups in total. The van der Waals surface area contributed by atoms with Gasteiger partial charge >= 0.3 is 18.1 Å². The van der Waals surface area contributed by atoms with Crippen molar-refractivity contribution in [3.8, 4) is 0 Å². The predicted molar refractivity (Wildman–Crippen MR) is 63.4 cm³/mol. The van der Waals surface area contributed by atoms with Crippen molar-refractivity contribution in [2.24, 2.45) is 0 Å². The van der Waals surface area contributed by atoms with Gasteiger partial charge in [-0.2, -0.15) is 13.2 Å². The van der Waals surface area contributed by atoms with E-state index in [1.54, 1.807) is 0 Å². The van der Waals surface area contributed by atoms with Gasteiger partial charge in [-0.25, -0.2) is 4.79 Å². The molecule has 0 atom stereocenters. The molecule has 5 nitrogen and oxygen atoms in total. The number of nitrogens with zero attached hydrogens (tertiary/aromatic N) is 1. The van der Waals surface area contributed by atoms with Crippen molar-refractivity contribution in [2.45, 2.75) is 12.7 Å². The largest absolute Gasteiger partial charge is 0.478 e. The first-order chi connectivity index (χ1) is 9.29. The molecule has 0 saturated heterocycles. The van der Waals surface area contributed by atoms with E-state index in [-0.39, 0.29) is 25.2 Å². The number of benzene rings is 1. The molecule has 1 aliphatic heterocycles. The second-order valence-corrected chi connectivity index (χ2v) is 4.33. The van der Waals surface area contributed by atoms with Crippen molar-refractivity contribution in [3.05, 3.63) is 29.3 Å². The molecule has 108 valence electrons. The van der Waals surface area contributed by atoms with Gasteiger partial charge in [0, 0.05) is 25.3 Å². The quantitative estimate of drug-likeness (QED) is 0.825.